The maximum Gasteiger partial charge on any atom is 0.165 e. The zero-order valence-corrected chi connectivity index (χ0v) is 14.1. The zero-order valence-electron chi connectivity index (χ0n) is 14.1. The van der Waals surface area contributed by atoms with E-state index in [4.69, 9.17) is 10.5 Å². The van der Waals surface area contributed by atoms with Crippen molar-refractivity contribution >= 4 is 0 Å². The molecule has 5 heteroatoms. The average Bonchev–Trinajstić information content (AvgIpc) is 2.44. The molecule has 0 aliphatic heterocycles. The third-order valence-electron chi connectivity index (χ3n) is 3.44. The number of nitrogens with two attached hydrogens (primary N) is 1. The van der Waals surface area contributed by atoms with E-state index in [1.54, 1.807) is 31.3 Å². The number of hydrogen-bond acceptors (Lipinski definition) is 4. The van der Waals surface area contributed by atoms with Gasteiger partial charge in [-0.15, -0.1) is 0 Å². The van der Waals surface area contributed by atoms with E-state index in [9.17, 15) is 4.39 Å². The van der Waals surface area contributed by atoms with Crippen molar-refractivity contribution in [1.82, 2.24) is 9.97 Å². The Morgan fingerprint density at radius 3 is 2.65 bits per heavy atom. The summed E-state index contributed by atoms with van der Waals surface area (Å²) >= 11 is 0. The highest BCUT2D eigenvalue weighted by Gasteiger charge is 2.21. The molecular formula is C18H24FN3O. The van der Waals surface area contributed by atoms with Crippen molar-refractivity contribution in [3.63, 3.8) is 0 Å². The standard InChI is InChI=1S/C18H24FN3O/c1-12(2)10-18(4,20)11-23-17-6-5-14(9-15(17)19)16-7-8-21-13(3)22-16/h5-9,12H,10-11,20H2,1-4H3/t18-/m0/s1. The van der Waals surface area contributed by atoms with Crippen LogP contribution < -0.4 is 10.5 Å². The van der Waals surface area contributed by atoms with Gasteiger partial charge in [0.2, 0.25) is 0 Å². The van der Waals surface area contributed by atoms with Crippen molar-refractivity contribution in [1.29, 1.82) is 0 Å². The molecule has 0 saturated carbocycles. The van der Waals surface area contributed by atoms with Crippen LogP contribution in [0.25, 0.3) is 11.3 Å². The van der Waals surface area contributed by atoms with Crippen LogP contribution >= 0.6 is 0 Å². The molecule has 0 bridgehead atoms. The van der Waals surface area contributed by atoms with Crippen LogP contribution in [0.2, 0.25) is 0 Å². The van der Waals surface area contributed by atoms with E-state index in [-0.39, 0.29) is 12.4 Å². The maximum absolute atomic E-state index is 14.3. The molecule has 23 heavy (non-hydrogen) atoms. The Kier molecular flexibility index (Phi) is 5.31. The number of hydrogen-bond donors (Lipinski definition) is 1. The predicted octanol–water partition coefficient (Wildman–Crippen LogP) is 3.73. The number of rotatable bonds is 6. The molecule has 0 aliphatic rings. The quantitative estimate of drug-likeness (QED) is 0.882. The number of aryl methyl sites for hydroxylation is 1. The summed E-state index contributed by atoms with van der Waals surface area (Å²) in [4.78, 5) is 8.34. The average molecular weight is 317 g/mol. The first-order valence-corrected chi connectivity index (χ1v) is 7.78. The smallest absolute Gasteiger partial charge is 0.165 e. The van der Waals surface area contributed by atoms with Crippen molar-refractivity contribution in [3.8, 4) is 17.0 Å². The first-order valence-electron chi connectivity index (χ1n) is 7.78. The van der Waals surface area contributed by atoms with E-state index in [1.807, 2.05) is 6.92 Å². The van der Waals surface area contributed by atoms with E-state index in [0.717, 1.165) is 6.42 Å². The summed E-state index contributed by atoms with van der Waals surface area (Å²) < 4.78 is 19.8. The van der Waals surface area contributed by atoms with Gasteiger partial charge in [-0.1, -0.05) is 13.8 Å². The molecule has 0 amide bonds. The molecule has 1 heterocycles. The van der Waals surface area contributed by atoms with E-state index >= 15 is 0 Å². The van der Waals surface area contributed by atoms with Crippen LogP contribution in [0, 0.1) is 18.7 Å². The summed E-state index contributed by atoms with van der Waals surface area (Å²) in [5.41, 5.74) is 7.08. The second kappa shape index (κ2) is 7.04. The van der Waals surface area contributed by atoms with Crippen molar-refractivity contribution in [2.75, 3.05) is 6.61 Å². The molecule has 0 aliphatic carbocycles. The van der Waals surface area contributed by atoms with Gasteiger partial charge in [-0.05, 0) is 50.5 Å². The van der Waals surface area contributed by atoms with Crippen LogP contribution in [-0.2, 0) is 0 Å². The molecule has 2 aromatic rings. The van der Waals surface area contributed by atoms with Gasteiger partial charge < -0.3 is 10.5 Å². The highest BCUT2D eigenvalue weighted by atomic mass is 19.1. The van der Waals surface area contributed by atoms with Crippen molar-refractivity contribution < 1.29 is 9.13 Å². The largest absolute Gasteiger partial charge is 0.489 e. The highest BCUT2D eigenvalue weighted by Crippen LogP contribution is 2.25. The maximum atomic E-state index is 14.3. The van der Waals surface area contributed by atoms with Gasteiger partial charge in [0.25, 0.3) is 0 Å². The second-order valence-corrected chi connectivity index (χ2v) is 6.67. The van der Waals surface area contributed by atoms with Gasteiger partial charge >= 0.3 is 0 Å². The third kappa shape index (κ3) is 4.99. The number of aromatic nitrogens is 2. The lowest BCUT2D eigenvalue weighted by Gasteiger charge is -2.26. The van der Waals surface area contributed by atoms with E-state index in [0.29, 0.717) is 23.0 Å². The van der Waals surface area contributed by atoms with Crippen LogP contribution in [0.15, 0.2) is 30.5 Å². The van der Waals surface area contributed by atoms with Gasteiger partial charge in [-0.2, -0.15) is 0 Å². The molecule has 0 radical (unpaired) electrons. The molecule has 1 atom stereocenters. The fraction of sp³-hybridized carbons (Fsp3) is 0.444. The molecule has 1 aromatic heterocycles. The Balaban J connectivity index is 2.11. The summed E-state index contributed by atoms with van der Waals surface area (Å²) in [5, 5.41) is 0. The number of nitrogens with zero attached hydrogens (tertiary/aromatic N) is 2. The fourth-order valence-electron chi connectivity index (χ4n) is 2.63. The van der Waals surface area contributed by atoms with Crippen molar-refractivity contribution in [2.24, 2.45) is 11.7 Å². The van der Waals surface area contributed by atoms with Gasteiger partial charge in [0, 0.05) is 17.3 Å². The Labute approximate surface area is 136 Å². The first-order chi connectivity index (χ1) is 10.8. The molecule has 0 unspecified atom stereocenters. The molecular weight excluding hydrogens is 293 g/mol. The summed E-state index contributed by atoms with van der Waals surface area (Å²) in [6.45, 7) is 8.19. The zero-order chi connectivity index (χ0) is 17.0. The SMILES string of the molecule is Cc1nccc(-c2ccc(OC[C@@](C)(N)CC(C)C)c(F)c2)n1. The van der Waals surface area contributed by atoms with Crippen LogP contribution in [0.1, 0.15) is 33.0 Å². The Hall–Kier alpha value is -2.01. The topological polar surface area (TPSA) is 61.0 Å². The van der Waals surface area contributed by atoms with Gasteiger partial charge in [-0.25, -0.2) is 14.4 Å². The van der Waals surface area contributed by atoms with Crippen LogP contribution in [0.3, 0.4) is 0 Å². The highest BCUT2D eigenvalue weighted by molar-refractivity contribution is 5.60. The molecule has 4 nitrogen and oxygen atoms in total. The fourth-order valence-corrected chi connectivity index (χ4v) is 2.63. The lowest BCUT2D eigenvalue weighted by atomic mass is 9.93. The molecule has 124 valence electrons. The van der Waals surface area contributed by atoms with Gasteiger partial charge in [0.05, 0.1) is 5.69 Å². The first kappa shape index (κ1) is 17.3. The minimum Gasteiger partial charge on any atom is -0.489 e. The van der Waals surface area contributed by atoms with Gasteiger partial charge in [0.1, 0.15) is 12.4 Å². The lowest BCUT2D eigenvalue weighted by molar-refractivity contribution is 0.200. The minimum absolute atomic E-state index is 0.208. The molecule has 2 N–H and O–H groups in total. The number of halogens is 1. The van der Waals surface area contributed by atoms with Gasteiger partial charge in [0.15, 0.2) is 11.6 Å². The van der Waals surface area contributed by atoms with Crippen molar-refractivity contribution in [2.45, 2.75) is 39.7 Å². The Morgan fingerprint density at radius 2 is 2.04 bits per heavy atom. The van der Waals surface area contributed by atoms with Crippen LogP contribution in [0.5, 0.6) is 5.75 Å². The number of benzene rings is 1. The Bertz CT molecular complexity index is 671. The normalized spacial score (nSPS) is 13.9. The summed E-state index contributed by atoms with van der Waals surface area (Å²) in [6.07, 6.45) is 2.47. The Morgan fingerprint density at radius 1 is 1.30 bits per heavy atom. The molecule has 1 aromatic carbocycles. The molecule has 0 fully saturated rings. The monoisotopic (exact) mass is 317 g/mol. The van der Waals surface area contributed by atoms with Crippen LogP contribution in [0.4, 0.5) is 4.39 Å². The summed E-state index contributed by atoms with van der Waals surface area (Å²) in [7, 11) is 0. The minimum atomic E-state index is -0.483. The third-order valence-corrected chi connectivity index (χ3v) is 3.44. The van der Waals surface area contributed by atoms with E-state index < -0.39 is 11.4 Å². The second-order valence-electron chi connectivity index (χ2n) is 6.67. The molecule has 0 saturated heterocycles. The van der Waals surface area contributed by atoms with Gasteiger partial charge in [-0.3, -0.25) is 0 Å². The van der Waals surface area contributed by atoms with Crippen LogP contribution in [-0.4, -0.2) is 22.1 Å². The summed E-state index contributed by atoms with van der Waals surface area (Å²) in [6, 6.07) is 6.58. The van der Waals surface area contributed by atoms with E-state index in [2.05, 4.69) is 23.8 Å². The lowest BCUT2D eigenvalue weighted by Crippen LogP contribution is -2.43. The number of ether oxygens (including phenoxy) is 1. The van der Waals surface area contributed by atoms with E-state index in [1.165, 1.54) is 6.07 Å². The molecule has 2 rings (SSSR count). The summed E-state index contributed by atoms with van der Waals surface area (Å²) in [5.74, 6) is 0.900. The predicted molar refractivity (Wildman–Crippen MR) is 89.7 cm³/mol. The molecule has 0 spiro atoms. The van der Waals surface area contributed by atoms with Crippen molar-refractivity contribution in [3.05, 3.63) is 42.1 Å².